The first-order chi connectivity index (χ1) is 5.29. The third kappa shape index (κ3) is 2.71. The van der Waals surface area contributed by atoms with E-state index in [1.165, 1.54) is 6.08 Å². The summed E-state index contributed by atoms with van der Waals surface area (Å²) in [6.45, 7) is 0. The van der Waals surface area contributed by atoms with Gasteiger partial charge >= 0.3 is 0 Å². The second kappa shape index (κ2) is 3.61. The Bertz CT molecular complexity index is 238. The molecule has 0 fully saturated rings. The van der Waals surface area contributed by atoms with Gasteiger partial charge in [-0.3, -0.25) is 4.79 Å². The first-order valence-electron chi connectivity index (χ1n) is 3.37. The van der Waals surface area contributed by atoms with Crippen molar-refractivity contribution in [1.82, 2.24) is 5.32 Å². The average Bonchev–Trinajstić information content (AvgIpc) is 2.04. The number of hydrogen-bond donors (Lipinski definition) is 2. The van der Waals surface area contributed by atoms with Crippen molar-refractivity contribution in [2.75, 3.05) is 0 Å². The molecular formula is C8H10N2O. The fourth-order valence-corrected chi connectivity index (χ4v) is 0.711. The standard InChI is InChI=1S/C8H10N2O/c9-7-3-1-5-8(11)10-6-2-4-7/h1-3,5-6H,4,9H2,(H,10,11). The molecule has 1 amide bonds. The van der Waals surface area contributed by atoms with E-state index in [0.717, 1.165) is 5.70 Å². The van der Waals surface area contributed by atoms with Gasteiger partial charge in [0.25, 0.3) is 0 Å². The van der Waals surface area contributed by atoms with Gasteiger partial charge in [-0.05, 0) is 6.08 Å². The van der Waals surface area contributed by atoms with Crippen LogP contribution in [0.2, 0.25) is 0 Å². The summed E-state index contributed by atoms with van der Waals surface area (Å²) in [6.07, 6.45) is 8.86. The molecule has 1 rings (SSSR count). The molecule has 1 heterocycles. The molecule has 0 saturated carbocycles. The first-order valence-corrected chi connectivity index (χ1v) is 3.37. The zero-order valence-corrected chi connectivity index (χ0v) is 6.08. The summed E-state index contributed by atoms with van der Waals surface area (Å²) in [7, 11) is 0. The Morgan fingerprint density at radius 2 is 2.36 bits per heavy atom. The van der Waals surface area contributed by atoms with Crippen LogP contribution in [0.4, 0.5) is 0 Å². The Balaban J connectivity index is 2.73. The summed E-state index contributed by atoms with van der Waals surface area (Å²) in [5.41, 5.74) is 6.28. The van der Waals surface area contributed by atoms with Crippen molar-refractivity contribution < 1.29 is 4.79 Å². The lowest BCUT2D eigenvalue weighted by Crippen LogP contribution is -2.12. The molecular weight excluding hydrogens is 140 g/mol. The smallest absolute Gasteiger partial charge is 0.247 e. The molecule has 58 valence electrons. The molecule has 0 saturated heterocycles. The van der Waals surface area contributed by atoms with Gasteiger partial charge in [0.05, 0.1) is 0 Å². The zero-order chi connectivity index (χ0) is 8.10. The molecule has 0 aromatic carbocycles. The molecule has 3 N–H and O–H groups in total. The molecule has 0 aliphatic carbocycles. The Labute approximate surface area is 65.3 Å². The van der Waals surface area contributed by atoms with Crippen molar-refractivity contribution in [3.63, 3.8) is 0 Å². The van der Waals surface area contributed by atoms with Crippen molar-refractivity contribution in [2.45, 2.75) is 6.42 Å². The van der Waals surface area contributed by atoms with Crippen molar-refractivity contribution in [2.24, 2.45) is 5.73 Å². The SMILES string of the molecule is NC1=CC=CC(=O)NC=CC1. The molecule has 3 heteroatoms. The molecule has 0 atom stereocenters. The van der Waals surface area contributed by atoms with Gasteiger partial charge in [0.2, 0.25) is 5.91 Å². The molecule has 0 aromatic rings. The highest BCUT2D eigenvalue weighted by Gasteiger charge is 1.91. The molecule has 11 heavy (non-hydrogen) atoms. The van der Waals surface area contributed by atoms with Gasteiger partial charge in [0.1, 0.15) is 0 Å². The average molecular weight is 150 g/mol. The highest BCUT2D eigenvalue weighted by Crippen LogP contribution is 1.95. The Kier molecular flexibility index (Phi) is 2.49. The van der Waals surface area contributed by atoms with Crippen LogP contribution in [0.3, 0.4) is 0 Å². The van der Waals surface area contributed by atoms with Gasteiger partial charge in [0.15, 0.2) is 0 Å². The first kappa shape index (κ1) is 7.60. The third-order valence-electron chi connectivity index (χ3n) is 1.25. The molecule has 1 aliphatic heterocycles. The Morgan fingerprint density at radius 3 is 3.18 bits per heavy atom. The summed E-state index contributed by atoms with van der Waals surface area (Å²) in [6, 6.07) is 0. The minimum atomic E-state index is -0.132. The summed E-state index contributed by atoms with van der Waals surface area (Å²) >= 11 is 0. The number of nitrogens with one attached hydrogen (secondary N) is 1. The number of hydrogen-bond acceptors (Lipinski definition) is 2. The van der Waals surface area contributed by atoms with Gasteiger partial charge in [0, 0.05) is 24.4 Å². The molecule has 0 bridgehead atoms. The van der Waals surface area contributed by atoms with Crippen LogP contribution in [0.15, 0.2) is 36.2 Å². The van der Waals surface area contributed by atoms with Crippen LogP contribution in [-0.2, 0) is 4.79 Å². The largest absolute Gasteiger partial charge is 0.402 e. The minimum Gasteiger partial charge on any atom is -0.402 e. The predicted octanol–water partition coefficient (Wildman–Crippen LogP) is 0.419. The summed E-state index contributed by atoms with van der Waals surface area (Å²) < 4.78 is 0. The van der Waals surface area contributed by atoms with E-state index >= 15 is 0 Å². The van der Waals surface area contributed by atoms with E-state index in [-0.39, 0.29) is 5.91 Å². The quantitative estimate of drug-likeness (QED) is 0.525. The van der Waals surface area contributed by atoms with Crippen LogP contribution < -0.4 is 11.1 Å². The minimum absolute atomic E-state index is 0.132. The van der Waals surface area contributed by atoms with Crippen LogP contribution in [-0.4, -0.2) is 5.91 Å². The second-order valence-electron chi connectivity index (χ2n) is 2.22. The fraction of sp³-hybridized carbons (Fsp3) is 0.125. The Morgan fingerprint density at radius 1 is 1.55 bits per heavy atom. The third-order valence-corrected chi connectivity index (χ3v) is 1.25. The van der Waals surface area contributed by atoms with Gasteiger partial charge in [-0.1, -0.05) is 12.2 Å². The normalized spacial score (nSPS) is 17.8. The van der Waals surface area contributed by atoms with Crippen LogP contribution in [0, 0.1) is 0 Å². The molecule has 1 aliphatic rings. The van der Waals surface area contributed by atoms with Crippen molar-refractivity contribution in [3.8, 4) is 0 Å². The van der Waals surface area contributed by atoms with E-state index in [9.17, 15) is 4.79 Å². The van der Waals surface area contributed by atoms with E-state index in [0.29, 0.717) is 6.42 Å². The van der Waals surface area contributed by atoms with Gasteiger partial charge in [-0.2, -0.15) is 0 Å². The molecule has 3 nitrogen and oxygen atoms in total. The van der Waals surface area contributed by atoms with E-state index in [4.69, 9.17) is 5.73 Å². The summed E-state index contributed by atoms with van der Waals surface area (Å²) in [5.74, 6) is -0.132. The van der Waals surface area contributed by atoms with Gasteiger partial charge < -0.3 is 11.1 Å². The lowest BCUT2D eigenvalue weighted by atomic mass is 10.3. The molecule has 0 radical (unpaired) electrons. The van der Waals surface area contributed by atoms with E-state index < -0.39 is 0 Å². The lowest BCUT2D eigenvalue weighted by Gasteiger charge is -1.91. The monoisotopic (exact) mass is 150 g/mol. The highest BCUT2D eigenvalue weighted by atomic mass is 16.1. The molecule has 0 spiro atoms. The van der Waals surface area contributed by atoms with Crippen LogP contribution in [0.1, 0.15) is 6.42 Å². The number of rotatable bonds is 0. The topological polar surface area (TPSA) is 55.1 Å². The van der Waals surface area contributed by atoms with Crippen LogP contribution in [0.5, 0.6) is 0 Å². The lowest BCUT2D eigenvalue weighted by molar-refractivity contribution is -0.115. The van der Waals surface area contributed by atoms with Gasteiger partial charge in [-0.25, -0.2) is 0 Å². The summed E-state index contributed by atoms with van der Waals surface area (Å²) in [4.78, 5) is 10.8. The van der Waals surface area contributed by atoms with Crippen molar-refractivity contribution in [3.05, 3.63) is 36.2 Å². The highest BCUT2D eigenvalue weighted by molar-refractivity contribution is 5.88. The van der Waals surface area contributed by atoms with Crippen molar-refractivity contribution in [1.29, 1.82) is 0 Å². The maximum absolute atomic E-state index is 10.8. The fourth-order valence-electron chi connectivity index (χ4n) is 0.711. The zero-order valence-electron chi connectivity index (χ0n) is 6.08. The molecule has 0 unspecified atom stereocenters. The molecule has 0 aromatic heterocycles. The van der Waals surface area contributed by atoms with Crippen molar-refractivity contribution >= 4 is 5.91 Å². The van der Waals surface area contributed by atoms with E-state index in [1.54, 1.807) is 24.4 Å². The van der Waals surface area contributed by atoms with E-state index in [1.807, 2.05) is 0 Å². The van der Waals surface area contributed by atoms with Gasteiger partial charge in [-0.15, -0.1) is 0 Å². The Hall–Kier alpha value is -1.51. The van der Waals surface area contributed by atoms with Crippen LogP contribution in [0.25, 0.3) is 0 Å². The number of carbonyl (C=O) groups is 1. The number of carbonyl (C=O) groups excluding carboxylic acids is 1. The number of allylic oxidation sites excluding steroid dienone is 3. The number of nitrogens with two attached hydrogens (primary N) is 1. The maximum Gasteiger partial charge on any atom is 0.247 e. The van der Waals surface area contributed by atoms with Crippen LogP contribution >= 0.6 is 0 Å². The van der Waals surface area contributed by atoms with E-state index in [2.05, 4.69) is 5.32 Å². The summed E-state index contributed by atoms with van der Waals surface area (Å²) in [5, 5.41) is 2.55. The predicted molar refractivity (Wildman–Crippen MR) is 43.3 cm³/mol. The maximum atomic E-state index is 10.8. The second-order valence-corrected chi connectivity index (χ2v) is 2.22. The number of amides is 1.